The van der Waals surface area contributed by atoms with E-state index < -0.39 is 0 Å². The van der Waals surface area contributed by atoms with E-state index in [1.807, 2.05) is 42.2 Å². The Morgan fingerprint density at radius 2 is 2.04 bits per heavy atom. The van der Waals surface area contributed by atoms with Gasteiger partial charge in [-0.1, -0.05) is 0 Å². The van der Waals surface area contributed by atoms with Gasteiger partial charge in [0.05, 0.1) is 0 Å². The van der Waals surface area contributed by atoms with Gasteiger partial charge in [0.25, 0.3) is 0 Å². The molecule has 0 bridgehead atoms. The fourth-order valence-electron chi connectivity index (χ4n) is 3.50. The molecule has 0 radical (unpaired) electrons. The van der Waals surface area contributed by atoms with Crippen molar-refractivity contribution in [3.8, 4) is 11.1 Å². The number of aryl methyl sites for hydroxylation is 1. The van der Waals surface area contributed by atoms with Gasteiger partial charge in [0.1, 0.15) is 11.5 Å². The van der Waals surface area contributed by atoms with Crippen LogP contribution in [0.1, 0.15) is 12.8 Å². The van der Waals surface area contributed by atoms with Crippen molar-refractivity contribution < 1.29 is 4.79 Å². The molecule has 0 aliphatic heterocycles. The molecule has 1 aliphatic rings. The zero-order chi connectivity index (χ0) is 18.5. The second kappa shape index (κ2) is 5.81. The summed E-state index contributed by atoms with van der Waals surface area (Å²) in [7, 11) is 1.98. The van der Waals surface area contributed by atoms with Gasteiger partial charge in [-0.25, -0.2) is 9.97 Å². The summed E-state index contributed by atoms with van der Waals surface area (Å²) in [5.74, 6) is 0.753. The minimum atomic E-state index is 0.0473. The summed E-state index contributed by atoms with van der Waals surface area (Å²) in [6.45, 7) is 0. The SMILES string of the molecule is Cn1ccc2c(-c3cc(N)c4cnc(NC(=O)C5CC5)cc4c3)ccnc21. The lowest BCUT2D eigenvalue weighted by molar-refractivity contribution is -0.117. The Morgan fingerprint density at radius 3 is 2.85 bits per heavy atom. The van der Waals surface area contributed by atoms with Gasteiger partial charge in [-0.15, -0.1) is 0 Å². The largest absolute Gasteiger partial charge is 0.398 e. The molecule has 27 heavy (non-hydrogen) atoms. The number of hydrogen-bond acceptors (Lipinski definition) is 4. The molecular formula is C21H19N5O. The minimum Gasteiger partial charge on any atom is -0.398 e. The van der Waals surface area contributed by atoms with E-state index in [4.69, 9.17) is 5.73 Å². The van der Waals surface area contributed by atoms with Gasteiger partial charge < -0.3 is 15.6 Å². The highest BCUT2D eigenvalue weighted by atomic mass is 16.2. The summed E-state index contributed by atoms with van der Waals surface area (Å²) < 4.78 is 2.00. The number of fused-ring (bicyclic) bond motifs is 2. The smallest absolute Gasteiger partial charge is 0.228 e. The number of hydrogen-bond donors (Lipinski definition) is 2. The molecule has 1 aromatic carbocycles. The standard InChI is InChI=1S/C21H19N5O/c1-26-7-5-16-15(4-6-23-20(16)26)13-8-14-10-19(25-21(27)12-2-3-12)24-11-17(14)18(22)9-13/h4-12H,2-3,22H2,1H3,(H,24,25,27). The lowest BCUT2D eigenvalue weighted by Crippen LogP contribution is -2.14. The Labute approximate surface area is 156 Å². The number of nitrogens with one attached hydrogen (secondary N) is 1. The minimum absolute atomic E-state index is 0.0473. The van der Waals surface area contributed by atoms with Gasteiger partial charge in [0, 0.05) is 48.0 Å². The molecule has 1 saturated carbocycles. The topological polar surface area (TPSA) is 85.8 Å². The first-order valence-corrected chi connectivity index (χ1v) is 9.01. The van der Waals surface area contributed by atoms with Gasteiger partial charge >= 0.3 is 0 Å². The molecule has 6 nitrogen and oxygen atoms in total. The Balaban J connectivity index is 1.63. The Morgan fingerprint density at radius 1 is 1.19 bits per heavy atom. The summed E-state index contributed by atoms with van der Waals surface area (Å²) in [5, 5.41) is 5.81. The first-order chi connectivity index (χ1) is 13.1. The predicted octanol–water partition coefficient (Wildman–Crippen LogP) is 3.72. The van der Waals surface area contributed by atoms with Crippen LogP contribution in [-0.4, -0.2) is 20.4 Å². The third kappa shape index (κ3) is 2.70. The Bertz CT molecular complexity index is 1210. The number of amides is 1. The average Bonchev–Trinajstić information content (AvgIpc) is 3.45. The van der Waals surface area contributed by atoms with Crippen molar-refractivity contribution >= 4 is 39.2 Å². The van der Waals surface area contributed by atoms with Crippen molar-refractivity contribution in [2.45, 2.75) is 12.8 Å². The van der Waals surface area contributed by atoms with Crippen LogP contribution in [0.15, 0.2) is 48.9 Å². The second-order valence-electron chi connectivity index (χ2n) is 7.14. The highest BCUT2D eigenvalue weighted by molar-refractivity contribution is 6.02. The summed E-state index contributed by atoms with van der Waals surface area (Å²) in [6, 6.07) is 10.0. The zero-order valence-corrected chi connectivity index (χ0v) is 14.9. The second-order valence-corrected chi connectivity index (χ2v) is 7.14. The molecule has 3 N–H and O–H groups in total. The van der Waals surface area contributed by atoms with Crippen molar-refractivity contribution in [2.24, 2.45) is 13.0 Å². The van der Waals surface area contributed by atoms with Crippen LogP contribution in [-0.2, 0) is 11.8 Å². The fourth-order valence-corrected chi connectivity index (χ4v) is 3.50. The number of pyridine rings is 2. The number of nitrogens with zero attached hydrogens (tertiary/aromatic N) is 3. The van der Waals surface area contributed by atoms with Crippen molar-refractivity contribution in [2.75, 3.05) is 11.1 Å². The predicted molar refractivity (Wildman–Crippen MR) is 107 cm³/mol. The van der Waals surface area contributed by atoms with Gasteiger partial charge in [-0.3, -0.25) is 4.79 Å². The molecule has 1 fully saturated rings. The highest BCUT2D eigenvalue weighted by Gasteiger charge is 2.29. The molecule has 4 aromatic rings. The van der Waals surface area contributed by atoms with E-state index in [0.29, 0.717) is 11.5 Å². The van der Waals surface area contributed by atoms with Crippen LogP contribution in [0.25, 0.3) is 32.9 Å². The first kappa shape index (κ1) is 15.8. The number of rotatable bonds is 3. The number of carbonyl (C=O) groups is 1. The summed E-state index contributed by atoms with van der Waals surface area (Å²) >= 11 is 0. The van der Waals surface area contributed by atoms with Crippen LogP contribution in [0.5, 0.6) is 0 Å². The number of anilines is 2. The van der Waals surface area contributed by atoms with Crippen LogP contribution in [0.3, 0.4) is 0 Å². The molecule has 3 aromatic heterocycles. The monoisotopic (exact) mass is 357 g/mol. The number of nitrogens with two attached hydrogens (primary N) is 1. The molecule has 134 valence electrons. The molecule has 1 aliphatic carbocycles. The van der Waals surface area contributed by atoms with E-state index >= 15 is 0 Å². The first-order valence-electron chi connectivity index (χ1n) is 9.01. The van der Waals surface area contributed by atoms with E-state index in [9.17, 15) is 4.79 Å². The number of nitrogen functional groups attached to an aromatic ring is 1. The van der Waals surface area contributed by atoms with Crippen molar-refractivity contribution in [1.29, 1.82) is 0 Å². The van der Waals surface area contributed by atoms with Crippen LogP contribution in [0, 0.1) is 5.92 Å². The maximum atomic E-state index is 12.0. The number of carbonyl (C=O) groups excluding carboxylic acids is 1. The summed E-state index contributed by atoms with van der Waals surface area (Å²) in [5.41, 5.74) is 9.99. The molecule has 6 heteroatoms. The van der Waals surface area contributed by atoms with Gasteiger partial charge in [0.2, 0.25) is 5.91 Å². The Hall–Kier alpha value is -3.41. The average molecular weight is 357 g/mol. The summed E-state index contributed by atoms with van der Waals surface area (Å²) in [4.78, 5) is 20.8. The third-order valence-electron chi connectivity index (χ3n) is 5.15. The molecular weight excluding hydrogens is 338 g/mol. The zero-order valence-electron chi connectivity index (χ0n) is 14.9. The third-order valence-corrected chi connectivity index (χ3v) is 5.15. The normalized spacial score (nSPS) is 14.0. The van der Waals surface area contributed by atoms with Gasteiger partial charge in [-0.2, -0.15) is 0 Å². The number of benzene rings is 1. The molecule has 0 unspecified atom stereocenters. The lowest BCUT2D eigenvalue weighted by atomic mass is 9.99. The Kier molecular flexibility index (Phi) is 3.40. The van der Waals surface area contributed by atoms with Crippen LogP contribution >= 0.6 is 0 Å². The lowest BCUT2D eigenvalue weighted by Gasteiger charge is -2.10. The van der Waals surface area contributed by atoms with Gasteiger partial charge in [-0.05, 0) is 59.7 Å². The molecule has 0 saturated heterocycles. The maximum Gasteiger partial charge on any atom is 0.228 e. The van der Waals surface area contributed by atoms with Crippen molar-refractivity contribution in [1.82, 2.24) is 14.5 Å². The van der Waals surface area contributed by atoms with Crippen LogP contribution in [0.4, 0.5) is 11.5 Å². The molecule has 5 rings (SSSR count). The highest BCUT2D eigenvalue weighted by Crippen LogP contribution is 2.34. The van der Waals surface area contributed by atoms with Crippen molar-refractivity contribution in [3.63, 3.8) is 0 Å². The summed E-state index contributed by atoms with van der Waals surface area (Å²) in [6.07, 6.45) is 7.46. The van der Waals surface area contributed by atoms with E-state index in [-0.39, 0.29) is 11.8 Å². The number of aromatic nitrogens is 3. The maximum absolute atomic E-state index is 12.0. The van der Waals surface area contributed by atoms with E-state index in [1.54, 1.807) is 6.20 Å². The van der Waals surface area contributed by atoms with Gasteiger partial charge in [0.15, 0.2) is 0 Å². The molecule has 0 atom stereocenters. The van der Waals surface area contributed by atoms with Crippen LogP contribution in [0.2, 0.25) is 0 Å². The van der Waals surface area contributed by atoms with E-state index in [2.05, 4.69) is 27.4 Å². The van der Waals surface area contributed by atoms with E-state index in [1.165, 1.54) is 0 Å². The van der Waals surface area contributed by atoms with Crippen LogP contribution < -0.4 is 11.1 Å². The molecule has 3 heterocycles. The molecule has 0 spiro atoms. The molecule has 1 amide bonds. The quantitative estimate of drug-likeness (QED) is 0.547. The van der Waals surface area contributed by atoms with E-state index in [0.717, 1.165) is 45.8 Å². The van der Waals surface area contributed by atoms with Crippen molar-refractivity contribution in [3.05, 3.63) is 48.9 Å². The fraction of sp³-hybridized carbons (Fsp3) is 0.190.